The minimum absolute atomic E-state index is 0.0695. The molecule has 1 aliphatic rings. The van der Waals surface area contributed by atoms with Crippen molar-refractivity contribution in [1.29, 1.82) is 0 Å². The summed E-state index contributed by atoms with van der Waals surface area (Å²) in [5.74, 6) is 1.88. The Morgan fingerprint density at radius 1 is 0.404 bits per heavy atom. The first-order chi connectivity index (χ1) is 25.5. The van der Waals surface area contributed by atoms with E-state index in [1.54, 1.807) is 0 Å². The van der Waals surface area contributed by atoms with Gasteiger partial charge in [-0.3, -0.25) is 0 Å². The van der Waals surface area contributed by atoms with Crippen molar-refractivity contribution >= 4 is 54.3 Å². The van der Waals surface area contributed by atoms with E-state index >= 15 is 0 Å². The molecule has 0 bridgehead atoms. The first-order valence-electron chi connectivity index (χ1n) is 17.8. The topological polar surface area (TPSA) is 51.8 Å². The summed E-state index contributed by atoms with van der Waals surface area (Å²) >= 11 is 0. The molecule has 1 aliphatic carbocycles. The molecule has 2 heterocycles. The Kier molecular flexibility index (Phi) is 5.98. The molecule has 0 atom stereocenters. The van der Waals surface area contributed by atoms with Crippen molar-refractivity contribution in [2.45, 2.75) is 19.3 Å². The largest absolute Gasteiger partial charge is 0.456 e. The lowest BCUT2D eigenvalue weighted by atomic mass is 9.81. The Bertz CT molecular complexity index is 3100. The van der Waals surface area contributed by atoms with Gasteiger partial charge in [-0.15, -0.1) is 0 Å². The van der Waals surface area contributed by atoms with Gasteiger partial charge in [0.25, 0.3) is 0 Å². The fraction of sp³-hybridized carbons (Fsp3) is 0.0625. The Balaban J connectivity index is 1.12. The standard InChI is InChI=1S/C48H31N3O/c1-48(2)39-16-8-6-13-34(39)38-26-31-22-20-28-19-21-30-25-32(23-24-33(30)43(28)37(31)27-40(38)48)46-49-45(29-11-4-3-5-12-29)50-47(51-46)36-15-10-18-42-44(36)35-14-7-9-17-41(35)52-42/h3-27H,1-2H3. The third-order valence-corrected chi connectivity index (χ3v) is 11.1. The zero-order valence-electron chi connectivity index (χ0n) is 28.7. The smallest absolute Gasteiger partial charge is 0.164 e. The van der Waals surface area contributed by atoms with Crippen molar-refractivity contribution < 1.29 is 4.42 Å². The number of nitrogens with zero attached hydrogens (tertiary/aromatic N) is 3. The molecule has 4 heteroatoms. The van der Waals surface area contributed by atoms with Crippen LogP contribution in [-0.2, 0) is 5.41 Å². The molecule has 0 aliphatic heterocycles. The summed E-state index contributed by atoms with van der Waals surface area (Å²) in [6.07, 6.45) is 0. The average Bonchev–Trinajstić information content (AvgIpc) is 3.68. The summed E-state index contributed by atoms with van der Waals surface area (Å²) in [6.45, 7) is 4.70. The van der Waals surface area contributed by atoms with Gasteiger partial charge >= 0.3 is 0 Å². The van der Waals surface area contributed by atoms with E-state index < -0.39 is 0 Å². The number of fused-ring (bicyclic) bond motifs is 11. The predicted octanol–water partition coefficient (Wildman–Crippen LogP) is 12.5. The number of rotatable bonds is 3. The quantitative estimate of drug-likeness (QED) is 0.176. The molecule has 0 radical (unpaired) electrons. The van der Waals surface area contributed by atoms with Gasteiger partial charge in [-0.05, 0) is 84.9 Å². The number of hydrogen-bond acceptors (Lipinski definition) is 4. The first-order valence-corrected chi connectivity index (χ1v) is 17.8. The Morgan fingerprint density at radius 3 is 1.94 bits per heavy atom. The van der Waals surface area contributed by atoms with E-state index in [9.17, 15) is 0 Å². The normalized spacial score (nSPS) is 13.3. The molecular weight excluding hydrogens is 635 g/mol. The minimum Gasteiger partial charge on any atom is -0.456 e. The lowest BCUT2D eigenvalue weighted by Crippen LogP contribution is -2.14. The zero-order chi connectivity index (χ0) is 34.6. The molecule has 8 aromatic carbocycles. The summed E-state index contributed by atoms with van der Waals surface area (Å²) < 4.78 is 6.24. The van der Waals surface area contributed by atoms with Crippen molar-refractivity contribution in [2.24, 2.45) is 0 Å². The fourth-order valence-corrected chi connectivity index (χ4v) is 8.53. The van der Waals surface area contributed by atoms with Gasteiger partial charge in [0.2, 0.25) is 0 Å². The highest BCUT2D eigenvalue weighted by molar-refractivity contribution is 6.21. The highest BCUT2D eigenvalue weighted by Gasteiger charge is 2.35. The molecule has 52 heavy (non-hydrogen) atoms. The van der Waals surface area contributed by atoms with Crippen LogP contribution in [0.1, 0.15) is 25.0 Å². The number of hydrogen-bond donors (Lipinski definition) is 0. The second-order valence-corrected chi connectivity index (χ2v) is 14.4. The first kappa shape index (κ1) is 29.1. The minimum atomic E-state index is -0.0695. The van der Waals surface area contributed by atoms with Crippen LogP contribution >= 0.6 is 0 Å². The molecule has 0 amide bonds. The van der Waals surface area contributed by atoms with E-state index in [0.717, 1.165) is 44.0 Å². The predicted molar refractivity (Wildman–Crippen MR) is 213 cm³/mol. The van der Waals surface area contributed by atoms with E-state index in [4.69, 9.17) is 19.4 Å². The van der Waals surface area contributed by atoms with Crippen molar-refractivity contribution in [2.75, 3.05) is 0 Å². The van der Waals surface area contributed by atoms with Crippen molar-refractivity contribution in [3.8, 4) is 45.3 Å². The average molecular weight is 666 g/mol. The van der Waals surface area contributed by atoms with Crippen LogP contribution in [0.3, 0.4) is 0 Å². The number of para-hydroxylation sites is 1. The Morgan fingerprint density at radius 2 is 1.08 bits per heavy atom. The molecule has 11 rings (SSSR count). The molecule has 0 saturated carbocycles. The summed E-state index contributed by atoms with van der Waals surface area (Å²) in [5, 5.41) is 9.45. The van der Waals surface area contributed by atoms with E-state index in [1.807, 2.05) is 60.7 Å². The summed E-state index contributed by atoms with van der Waals surface area (Å²) in [7, 11) is 0. The monoisotopic (exact) mass is 665 g/mol. The summed E-state index contributed by atoms with van der Waals surface area (Å²) in [5.41, 5.74) is 9.84. The fourth-order valence-electron chi connectivity index (χ4n) is 8.53. The second-order valence-electron chi connectivity index (χ2n) is 14.4. The van der Waals surface area contributed by atoms with Gasteiger partial charge in [-0.2, -0.15) is 0 Å². The Labute approximate surface area is 300 Å². The molecule has 0 unspecified atom stereocenters. The number of furan rings is 1. The van der Waals surface area contributed by atoms with E-state index in [0.29, 0.717) is 17.5 Å². The molecule has 2 aromatic heterocycles. The molecule has 244 valence electrons. The van der Waals surface area contributed by atoms with Crippen LogP contribution in [0.25, 0.3) is 99.5 Å². The van der Waals surface area contributed by atoms with E-state index in [-0.39, 0.29) is 5.41 Å². The van der Waals surface area contributed by atoms with Gasteiger partial charge in [-0.25, -0.2) is 15.0 Å². The maximum Gasteiger partial charge on any atom is 0.164 e. The number of benzene rings is 8. The van der Waals surface area contributed by atoms with Crippen LogP contribution in [0, 0.1) is 0 Å². The SMILES string of the molecule is CC1(C)c2ccccc2-c2cc3ccc4ccc5cc(-c6nc(-c7ccccc7)nc(-c7cccc8oc9ccccc9c78)n6)ccc5c4c3cc21. The van der Waals surface area contributed by atoms with Crippen LogP contribution in [0.4, 0.5) is 0 Å². The van der Waals surface area contributed by atoms with Crippen molar-refractivity contribution in [3.05, 3.63) is 163 Å². The Hall–Kier alpha value is -6.65. The number of aromatic nitrogens is 3. The van der Waals surface area contributed by atoms with Crippen LogP contribution in [-0.4, -0.2) is 15.0 Å². The maximum atomic E-state index is 6.24. The lowest BCUT2D eigenvalue weighted by molar-refractivity contribution is 0.661. The van der Waals surface area contributed by atoms with Crippen molar-refractivity contribution in [3.63, 3.8) is 0 Å². The summed E-state index contributed by atoms with van der Waals surface area (Å²) in [6, 6.07) is 53.7. The van der Waals surface area contributed by atoms with Crippen LogP contribution in [0.2, 0.25) is 0 Å². The van der Waals surface area contributed by atoms with Gasteiger partial charge in [0, 0.05) is 32.9 Å². The van der Waals surface area contributed by atoms with E-state index in [2.05, 4.69) is 105 Å². The van der Waals surface area contributed by atoms with Gasteiger partial charge in [0.05, 0.1) is 0 Å². The third-order valence-electron chi connectivity index (χ3n) is 11.1. The third kappa shape index (κ3) is 4.18. The van der Waals surface area contributed by atoms with E-state index in [1.165, 1.54) is 49.2 Å². The molecule has 0 spiro atoms. The summed E-state index contributed by atoms with van der Waals surface area (Å²) in [4.78, 5) is 15.3. The van der Waals surface area contributed by atoms with Crippen molar-refractivity contribution in [1.82, 2.24) is 15.0 Å². The molecular formula is C48H31N3O. The van der Waals surface area contributed by atoms with Crippen LogP contribution in [0.5, 0.6) is 0 Å². The molecule has 0 fully saturated rings. The maximum absolute atomic E-state index is 6.24. The molecule has 0 N–H and O–H groups in total. The van der Waals surface area contributed by atoms with Crippen LogP contribution < -0.4 is 0 Å². The lowest BCUT2D eigenvalue weighted by Gasteiger charge is -2.22. The second kappa shape index (κ2) is 10.7. The highest BCUT2D eigenvalue weighted by Crippen LogP contribution is 2.50. The van der Waals surface area contributed by atoms with Gasteiger partial charge in [0.1, 0.15) is 11.2 Å². The van der Waals surface area contributed by atoms with Gasteiger partial charge in [0.15, 0.2) is 17.5 Å². The van der Waals surface area contributed by atoms with Crippen LogP contribution in [0.15, 0.2) is 156 Å². The zero-order valence-corrected chi connectivity index (χ0v) is 28.7. The van der Waals surface area contributed by atoms with Gasteiger partial charge in [-0.1, -0.05) is 135 Å². The molecule has 4 nitrogen and oxygen atoms in total. The highest BCUT2D eigenvalue weighted by atomic mass is 16.3. The molecule has 10 aromatic rings. The van der Waals surface area contributed by atoms with Gasteiger partial charge < -0.3 is 4.42 Å². The molecule has 0 saturated heterocycles.